The number of carboxylic acid groups (broad SMARTS) is 1. The molecule has 0 aliphatic carbocycles. The quantitative estimate of drug-likeness (QED) is 0.840. The third-order valence-electron chi connectivity index (χ3n) is 3.28. The molecule has 1 fully saturated rings. The summed E-state index contributed by atoms with van der Waals surface area (Å²) in [7, 11) is 0. The van der Waals surface area contributed by atoms with E-state index < -0.39 is 12.0 Å². The third-order valence-corrected chi connectivity index (χ3v) is 3.28. The van der Waals surface area contributed by atoms with Crippen LogP contribution in [0.4, 0.5) is 0 Å². The van der Waals surface area contributed by atoms with Crippen molar-refractivity contribution < 1.29 is 14.7 Å². The van der Waals surface area contributed by atoms with E-state index in [0.29, 0.717) is 18.7 Å². The number of nitrogens with zero attached hydrogens (tertiary/aromatic N) is 2. The minimum Gasteiger partial charge on any atom is -0.480 e. The molecule has 1 aliphatic heterocycles. The predicted molar refractivity (Wildman–Crippen MR) is 64.3 cm³/mol. The molecule has 6 heteroatoms. The monoisotopic (exact) mass is 251 g/mol. The molecule has 1 atom stereocenters. The van der Waals surface area contributed by atoms with Crippen molar-refractivity contribution in [3.05, 3.63) is 17.5 Å². The van der Waals surface area contributed by atoms with E-state index >= 15 is 0 Å². The number of likely N-dealkylation sites (tertiary alicyclic amines) is 1. The zero-order chi connectivity index (χ0) is 13.1. The second-order valence-electron chi connectivity index (χ2n) is 4.48. The molecule has 0 radical (unpaired) electrons. The second-order valence-corrected chi connectivity index (χ2v) is 4.48. The average Bonchev–Trinajstić information content (AvgIpc) is 2.86. The molecule has 1 saturated heterocycles. The third kappa shape index (κ3) is 2.37. The topological polar surface area (TPSA) is 86.3 Å². The highest BCUT2D eigenvalue weighted by molar-refractivity contribution is 5.95. The van der Waals surface area contributed by atoms with Crippen LogP contribution in [0.2, 0.25) is 0 Å². The van der Waals surface area contributed by atoms with Crippen LogP contribution in [0.3, 0.4) is 0 Å². The van der Waals surface area contributed by atoms with E-state index in [1.807, 2.05) is 6.92 Å². The number of aryl methyl sites for hydroxylation is 1. The fourth-order valence-electron chi connectivity index (χ4n) is 2.23. The summed E-state index contributed by atoms with van der Waals surface area (Å²) in [6, 6.07) is 0.976. The predicted octanol–water partition coefficient (Wildman–Crippen LogP) is 1.05. The number of aromatic nitrogens is 2. The van der Waals surface area contributed by atoms with Crippen LogP contribution in [0.5, 0.6) is 0 Å². The van der Waals surface area contributed by atoms with E-state index in [1.165, 1.54) is 4.90 Å². The van der Waals surface area contributed by atoms with Gasteiger partial charge in [0, 0.05) is 12.2 Å². The van der Waals surface area contributed by atoms with Gasteiger partial charge in [-0.05, 0) is 31.7 Å². The van der Waals surface area contributed by atoms with Crippen molar-refractivity contribution >= 4 is 11.9 Å². The Morgan fingerprint density at radius 1 is 1.56 bits per heavy atom. The van der Waals surface area contributed by atoms with Crippen molar-refractivity contribution in [2.24, 2.45) is 0 Å². The Morgan fingerprint density at radius 2 is 2.33 bits per heavy atom. The number of hydrogen-bond acceptors (Lipinski definition) is 3. The number of carboxylic acids is 1. The fraction of sp³-hybridized carbons (Fsp3) is 0.583. The molecule has 1 amide bonds. The van der Waals surface area contributed by atoms with Crippen molar-refractivity contribution in [2.45, 2.75) is 38.6 Å². The summed E-state index contributed by atoms with van der Waals surface area (Å²) in [5, 5.41) is 15.9. The molecule has 2 heterocycles. The summed E-state index contributed by atoms with van der Waals surface area (Å²) in [5.74, 6) is -1.23. The van der Waals surface area contributed by atoms with E-state index in [1.54, 1.807) is 6.07 Å². The van der Waals surface area contributed by atoms with Gasteiger partial charge in [0.05, 0.1) is 0 Å². The summed E-state index contributed by atoms with van der Waals surface area (Å²) < 4.78 is 0. The summed E-state index contributed by atoms with van der Waals surface area (Å²) in [4.78, 5) is 24.8. The maximum Gasteiger partial charge on any atom is 0.326 e. The van der Waals surface area contributed by atoms with Crippen LogP contribution in [-0.2, 0) is 11.2 Å². The average molecular weight is 251 g/mol. The molecule has 0 aromatic carbocycles. The van der Waals surface area contributed by atoms with Crippen LogP contribution in [0.15, 0.2) is 6.07 Å². The van der Waals surface area contributed by atoms with Gasteiger partial charge < -0.3 is 10.0 Å². The van der Waals surface area contributed by atoms with Crippen LogP contribution in [-0.4, -0.2) is 44.7 Å². The second kappa shape index (κ2) is 5.20. The largest absolute Gasteiger partial charge is 0.480 e. The number of H-pyrrole nitrogens is 1. The molecular weight excluding hydrogens is 234 g/mol. The Kier molecular flexibility index (Phi) is 3.64. The van der Waals surface area contributed by atoms with Gasteiger partial charge >= 0.3 is 5.97 Å². The fourth-order valence-corrected chi connectivity index (χ4v) is 2.23. The van der Waals surface area contributed by atoms with Gasteiger partial charge in [0.2, 0.25) is 0 Å². The van der Waals surface area contributed by atoms with Crippen molar-refractivity contribution in [3.63, 3.8) is 0 Å². The van der Waals surface area contributed by atoms with E-state index in [4.69, 9.17) is 5.11 Å². The molecule has 18 heavy (non-hydrogen) atoms. The number of amides is 1. The highest BCUT2D eigenvalue weighted by Crippen LogP contribution is 2.19. The highest BCUT2D eigenvalue weighted by atomic mass is 16.4. The first-order valence-corrected chi connectivity index (χ1v) is 6.21. The van der Waals surface area contributed by atoms with Crippen LogP contribution < -0.4 is 0 Å². The zero-order valence-corrected chi connectivity index (χ0v) is 10.3. The van der Waals surface area contributed by atoms with Gasteiger partial charge in [0.1, 0.15) is 11.7 Å². The Morgan fingerprint density at radius 3 is 2.94 bits per heavy atom. The number of aliphatic carboxylic acids is 1. The smallest absolute Gasteiger partial charge is 0.326 e. The van der Waals surface area contributed by atoms with E-state index in [-0.39, 0.29) is 5.91 Å². The van der Waals surface area contributed by atoms with E-state index in [0.717, 1.165) is 25.0 Å². The van der Waals surface area contributed by atoms with Crippen molar-refractivity contribution in [1.29, 1.82) is 0 Å². The van der Waals surface area contributed by atoms with Crippen LogP contribution in [0.1, 0.15) is 42.4 Å². The molecule has 2 N–H and O–H groups in total. The minimum atomic E-state index is -0.936. The van der Waals surface area contributed by atoms with Gasteiger partial charge in [-0.2, -0.15) is 5.10 Å². The van der Waals surface area contributed by atoms with Crippen molar-refractivity contribution in [1.82, 2.24) is 15.1 Å². The molecule has 0 bridgehead atoms. The molecule has 1 aromatic rings. The SMILES string of the molecule is CCc1cc(C(=O)N2CCCCC2C(=O)O)n[nH]1. The lowest BCUT2D eigenvalue weighted by molar-refractivity contribution is -0.143. The lowest BCUT2D eigenvalue weighted by atomic mass is 10.0. The standard InChI is InChI=1S/C12H17N3O3/c1-2-8-7-9(14-13-8)11(16)15-6-4-3-5-10(15)12(17)18/h7,10H,2-6H2,1H3,(H,13,14)(H,17,18). The van der Waals surface area contributed by atoms with Crippen molar-refractivity contribution in [2.75, 3.05) is 6.54 Å². The molecule has 2 rings (SSSR count). The number of hydrogen-bond donors (Lipinski definition) is 2. The summed E-state index contributed by atoms with van der Waals surface area (Å²) in [6.45, 7) is 2.45. The van der Waals surface area contributed by atoms with E-state index in [9.17, 15) is 9.59 Å². The molecule has 1 aliphatic rings. The molecular formula is C12H17N3O3. The molecule has 0 saturated carbocycles. The highest BCUT2D eigenvalue weighted by Gasteiger charge is 2.33. The van der Waals surface area contributed by atoms with Crippen LogP contribution in [0, 0.1) is 0 Å². The zero-order valence-electron chi connectivity index (χ0n) is 10.3. The lowest BCUT2D eigenvalue weighted by Gasteiger charge is -2.32. The number of nitrogens with one attached hydrogen (secondary N) is 1. The summed E-state index contributed by atoms with van der Waals surface area (Å²) >= 11 is 0. The number of rotatable bonds is 3. The molecule has 6 nitrogen and oxygen atoms in total. The Labute approximate surface area is 105 Å². The normalized spacial score (nSPS) is 19.8. The Hall–Kier alpha value is -1.85. The van der Waals surface area contributed by atoms with Gasteiger partial charge in [-0.1, -0.05) is 6.92 Å². The first-order chi connectivity index (χ1) is 8.63. The van der Waals surface area contributed by atoms with Gasteiger partial charge in [-0.15, -0.1) is 0 Å². The number of piperidine rings is 1. The maximum absolute atomic E-state index is 12.2. The van der Waals surface area contributed by atoms with Crippen LogP contribution in [0.25, 0.3) is 0 Å². The Bertz CT molecular complexity index is 455. The maximum atomic E-state index is 12.2. The van der Waals surface area contributed by atoms with Crippen LogP contribution >= 0.6 is 0 Å². The van der Waals surface area contributed by atoms with E-state index in [2.05, 4.69) is 10.2 Å². The van der Waals surface area contributed by atoms with Gasteiger partial charge in [0.15, 0.2) is 0 Å². The lowest BCUT2D eigenvalue weighted by Crippen LogP contribution is -2.48. The number of carbonyl (C=O) groups is 2. The molecule has 1 aromatic heterocycles. The molecule has 98 valence electrons. The number of aromatic amines is 1. The first kappa shape index (κ1) is 12.6. The molecule has 0 spiro atoms. The van der Waals surface area contributed by atoms with Gasteiger partial charge in [-0.3, -0.25) is 9.89 Å². The van der Waals surface area contributed by atoms with Gasteiger partial charge in [-0.25, -0.2) is 4.79 Å². The molecule has 1 unspecified atom stereocenters. The van der Waals surface area contributed by atoms with Crippen molar-refractivity contribution in [3.8, 4) is 0 Å². The summed E-state index contributed by atoms with van der Waals surface area (Å²) in [5.41, 5.74) is 1.18. The van der Waals surface area contributed by atoms with Gasteiger partial charge in [0.25, 0.3) is 5.91 Å². The summed E-state index contributed by atoms with van der Waals surface area (Å²) in [6.07, 6.45) is 2.98. The Balaban J connectivity index is 2.17. The number of carbonyl (C=O) groups excluding carboxylic acids is 1. The first-order valence-electron chi connectivity index (χ1n) is 6.21. The minimum absolute atomic E-state index is 0.293.